The molecule has 29 heavy (non-hydrogen) atoms. The Kier molecular flexibility index (Phi) is 6.56. The summed E-state index contributed by atoms with van der Waals surface area (Å²) in [5.41, 5.74) is 1.33. The van der Waals surface area contributed by atoms with Crippen molar-refractivity contribution in [2.45, 2.75) is 0 Å². The summed E-state index contributed by atoms with van der Waals surface area (Å²) < 4.78 is 16.9. The molecular weight excluding hydrogens is 390 g/mol. The smallest absolute Gasteiger partial charge is 0.260 e. The molecule has 3 aromatic rings. The average Bonchev–Trinajstić information content (AvgIpc) is 3.15. The van der Waals surface area contributed by atoms with E-state index < -0.39 is 0 Å². The number of amides is 1. The summed E-state index contributed by atoms with van der Waals surface area (Å²) in [6.07, 6.45) is 0. The normalized spacial score (nSPS) is 11.0. The second-order valence-electron chi connectivity index (χ2n) is 6.81. The van der Waals surface area contributed by atoms with Gasteiger partial charge >= 0.3 is 0 Å². The van der Waals surface area contributed by atoms with Gasteiger partial charge in [0.05, 0.1) is 58.7 Å². The molecule has 0 radical (unpaired) electrons. The number of aromatic nitrogens is 1. The number of quaternary nitrogens is 1. The molecule has 0 saturated heterocycles. The standard InChI is InChI=1S/C21H25N3O4S/c1-23(2)10-11-24(20(25)14-6-8-17(27-4)18(12-14)28-5)21-22-16-13-15(26-3)7-9-19(16)29-21/h6-9,12-13H,10-11H2,1-5H3/p+1. The number of methoxy groups -OCH3 is 3. The highest BCUT2D eigenvalue weighted by Gasteiger charge is 2.23. The third kappa shape index (κ3) is 4.60. The molecule has 3 rings (SSSR count). The number of hydrogen-bond donors (Lipinski definition) is 1. The van der Waals surface area contributed by atoms with E-state index in [1.165, 1.54) is 16.2 Å². The van der Waals surface area contributed by atoms with Crippen molar-refractivity contribution in [3.63, 3.8) is 0 Å². The molecule has 0 fully saturated rings. The van der Waals surface area contributed by atoms with Crippen molar-refractivity contribution in [3.05, 3.63) is 42.0 Å². The second-order valence-corrected chi connectivity index (χ2v) is 7.82. The SMILES string of the molecule is COc1ccc2sc(N(CC[NH+](C)C)C(=O)c3ccc(OC)c(OC)c3)nc2c1. The van der Waals surface area contributed by atoms with Crippen LogP contribution in [0.3, 0.4) is 0 Å². The summed E-state index contributed by atoms with van der Waals surface area (Å²) in [7, 11) is 8.87. The lowest BCUT2D eigenvalue weighted by Gasteiger charge is -2.21. The third-order valence-corrected chi connectivity index (χ3v) is 5.58. The van der Waals surface area contributed by atoms with Crippen molar-refractivity contribution in [2.75, 3.05) is 53.4 Å². The van der Waals surface area contributed by atoms with Crippen LogP contribution in [0.4, 0.5) is 5.13 Å². The van der Waals surface area contributed by atoms with E-state index in [4.69, 9.17) is 19.2 Å². The zero-order valence-corrected chi connectivity index (χ0v) is 18.1. The number of anilines is 1. The fourth-order valence-corrected chi connectivity index (χ4v) is 3.85. The van der Waals surface area contributed by atoms with Crippen molar-refractivity contribution >= 4 is 32.6 Å². The number of hydrogen-bond acceptors (Lipinski definition) is 6. The fourth-order valence-electron chi connectivity index (χ4n) is 2.88. The lowest BCUT2D eigenvalue weighted by atomic mass is 10.1. The van der Waals surface area contributed by atoms with Crippen molar-refractivity contribution in [1.82, 2.24) is 4.98 Å². The van der Waals surface area contributed by atoms with E-state index in [2.05, 4.69) is 14.1 Å². The Morgan fingerprint density at radius 2 is 1.79 bits per heavy atom. The molecule has 2 aromatic carbocycles. The van der Waals surface area contributed by atoms with Crippen LogP contribution in [0, 0.1) is 0 Å². The van der Waals surface area contributed by atoms with Crippen molar-refractivity contribution in [2.24, 2.45) is 0 Å². The summed E-state index contributed by atoms with van der Waals surface area (Å²) >= 11 is 1.49. The van der Waals surface area contributed by atoms with Gasteiger partial charge in [0.1, 0.15) is 5.75 Å². The number of benzene rings is 2. The maximum Gasteiger partial charge on any atom is 0.260 e. The van der Waals surface area contributed by atoms with Gasteiger partial charge in [0.25, 0.3) is 5.91 Å². The molecule has 0 atom stereocenters. The van der Waals surface area contributed by atoms with Crippen molar-refractivity contribution < 1.29 is 23.9 Å². The van der Waals surface area contributed by atoms with E-state index in [0.29, 0.717) is 28.7 Å². The van der Waals surface area contributed by atoms with Gasteiger partial charge in [-0.25, -0.2) is 4.98 Å². The first-order chi connectivity index (χ1) is 14.0. The average molecular weight is 417 g/mol. The molecule has 0 aliphatic heterocycles. The van der Waals surface area contributed by atoms with Crippen LogP contribution in [0.5, 0.6) is 17.2 Å². The van der Waals surface area contributed by atoms with Gasteiger partial charge < -0.3 is 19.1 Å². The highest BCUT2D eigenvalue weighted by atomic mass is 32.1. The minimum absolute atomic E-state index is 0.127. The number of rotatable bonds is 8. The van der Waals surface area contributed by atoms with E-state index in [0.717, 1.165) is 22.5 Å². The van der Waals surface area contributed by atoms with Crippen LogP contribution < -0.4 is 24.0 Å². The lowest BCUT2D eigenvalue weighted by Crippen LogP contribution is -3.06. The Morgan fingerprint density at radius 1 is 1.03 bits per heavy atom. The number of likely N-dealkylation sites (N-methyl/N-ethyl adjacent to an activating group) is 1. The Labute approximate surface area is 174 Å². The van der Waals surface area contributed by atoms with Crippen LogP contribution in [0.15, 0.2) is 36.4 Å². The van der Waals surface area contributed by atoms with Gasteiger partial charge in [0.15, 0.2) is 16.6 Å². The van der Waals surface area contributed by atoms with Crippen LogP contribution in [0.1, 0.15) is 10.4 Å². The first kappa shape index (κ1) is 20.9. The van der Waals surface area contributed by atoms with Gasteiger partial charge in [-0.05, 0) is 30.3 Å². The lowest BCUT2D eigenvalue weighted by molar-refractivity contribution is -0.856. The summed E-state index contributed by atoms with van der Waals surface area (Å²) in [6, 6.07) is 10.9. The van der Waals surface area contributed by atoms with E-state index in [-0.39, 0.29) is 5.91 Å². The Hall–Kier alpha value is -2.84. The van der Waals surface area contributed by atoms with Gasteiger partial charge in [-0.2, -0.15) is 0 Å². The molecule has 1 N–H and O–H groups in total. The van der Waals surface area contributed by atoms with Crippen LogP contribution in [-0.2, 0) is 0 Å². The van der Waals surface area contributed by atoms with Crippen LogP contribution in [-0.4, -0.2) is 59.4 Å². The van der Waals surface area contributed by atoms with Crippen molar-refractivity contribution in [3.8, 4) is 17.2 Å². The molecule has 7 nitrogen and oxygen atoms in total. The topological polar surface area (TPSA) is 65.3 Å². The first-order valence-corrected chi connectivity index (χ1v) is 10.1. The largest absolute Gasteiger partial charge is 0.497 e. The van der Waals surface area contributed by atoms with Crippen LogP contribution in [0.2, 0.25) is 0 Å². The monoisotopic (exact) mass is 416 g/mol. The van der Waals surface area contributed by atoms with E-state index >= 15 is 0 Å². The number of carbonyl (C=O) groups is 1. The number of fused-ring (bicyclic) bond motifs is 1. The molecule has 1 aromatic heterocycles. The van der Waals surface area contributed by atoms with E-state index in [1.807, 2.05) is 18.2 Å². The van der Waals surface area contributed by atoms with Gasteiger partial charge in [-0.15, -0.1) is 0 Å². The molecule has 0 spiro atoms. The predicted molar refractivity (Wildman–Crippen MR) is 115 cm³/mol. The maximum absolute atomic E-state index is 13.4. The highest BCUT2D eigenvalue weighted by Crippen LogP contribution is 2.33. The Balaban J connectivity index is 1.99. The number of carbonyl (C=O) groups excluding carboxylic acids is 1. The summed E-state index contributed by atoms with van der Waals surface area (Å²) in [4.78, 5) is 21.1. The Bertz CT molecular complexity index is 1000. The maximum atomic E-state index is 13.4. The number of thiazole rings is 1. The molecule has 1 amide bonds. The van der Waals surface area contributed by atoms with Crippen molar-refractivity contribution in [1.29, 1.82) is 0 Å². The molecule has 0 saturated carbocycles. The van der Waals surface area contributed by atoms with E-state index in [1.54, 1.807) is 44.4 Å². The van der Waals surface area contributed by atoms with Gasteiger partial charge in [0.2, 0.25) is 0 Å². The Morgan fingerprint density at radius 3 is 2.45 bits per heavy atom. The molecule has 8 heteroatoms. The molecule has 0 unspecified atom stereocenters. The molecule has 0 aliphatic carbocycles. The van der Waals surface area contributed by atoms with Crippen LogP contribution >= 0.6 is 11.3 Å². The molecular formula is C21H26N3O4S+. The van der Waals surface area contributed by atoms with Gasteiger partial charge in [-0.3, -0.25) is 9.69 Å². The minimum Gasteiger partial charge on any atom is -0.497 e. The summed E-state index contributed by atoms with van der Waals surface area (Å²) in [5, 5.41) is 0.661. The summed E-state index contributed by atoms with van der Waals surface area (Å²) in [5.74, 6) is 1.72. The van der Waals surface area contributed by atoms with Crippen LogP contribution in [0.25, 0.3) is 10.2 Å². The number of nitrogens with zero attached hydrogens (tertiary/aromatic N) is 2. The van der Waals surface area contributed by atoms with Gasteiger partial charge in [-0.1, -0.05) is 11.3 Å². The fraction of sp³-hybridized carbons (Fsp3) is 0.333. The second kappa shape index (κ2) is 9.11. The highest BCUT2D eigenvalue weighted by molar-refractivity contribution is 7.22. The van der Waals surface area contributed by atoms with E-state index in [9.17, 15) is 4.79 Å². The minimum atomic E-state index is -0.127. The molecule has 1 heterocycles. The summed E-state index contributed by atoms with van der Waals surface area (Å²) in [6.45, 7) is 1.34. The zero-order valence-electron chi connectivity index (χ0n) is 17.3. The molecule has 0 bridgehead atoms. The molecule has 0 aliphatic rings. The first-order valence-electron chi connectivity index (χ1n) is 9.24. The quantitative estimate of drug-likeness (QED) is 0.609. The number of nitrogens with one attached hydrogen (secondary N) is 1. The third-order valence-electron chi connectivity index (χ3n) is 4.53. The number of ether oxygens (including phenoxy) is 3. The molecule has 154 valence electrons. The zero-order chi connectivity index (χ0) is 21.0. The van der Waals surface area contributed by atoms with Gasteiger partial charge in [0, 0.05) is 11.6 Å². The predicted octanol–water partition coefficient (Wildman–Crippen LogP) is 2.11.